The van der Waals surface area contributed by atoms with E-state index >= 15 is 0 Å². The maximum atomic E-state index is 3.83. The summed E-state index contributed by atoms with van der Waals surface area (Å²) in [6, 6.07) is 9.62. The Labute approximate surface area is 111 Å². The molecule has 0 radical (unpaired) electrons. The lowest BCUT2D eigenvalue weighted by Gasteiger charge is -2.30. The summed E-state index contributed by atoms with van der Waals surface area (Å²) < 4.78 is 0. The molecule has 1 saturated carbocycles. The largest absolute Gasteiger partial charge is 0.313 e. The molecule has 2 aliphatic carbocycles. The number of hydrogen-bond donors (Lipinski definition) is 1. The van der Waals surface area contributed by atoms with E-state index in [9.17, 15) is 0 Å². The first-order valence-electron chi connectivity index (χ1n) is 7.63. The molecule has 0 saturated heterocycles. The number of fused-ring (bicyclic) bond motifs is 1. The van der Waals surface area contributed by atoms with Gasteiger partial charge in [0.1, 0.15) is 0 Å². The van der Waals surface area contributed by atoms with E-state index in [0.717, 1.165) is 11.8 Å². The summed E-state index contributed by atoms with van der Waals surface area (Å²) in [7, 11) is 0. The van der Waals surface area contributed by atoms with Crippen molar-refractivity contribution < 1.29 is 0 Å². The van der Waals surface area contributed by atoms with Crippen molar-refractivity contribution in [1.82, 2.24) is 5.32 Å². The van der Waals surface area contributed by atoms with Crippen LogP contribution in [0.2, 0.25) is 0 Å². The summed E-state index contributed by atoms with van der Waals surface area (Å²) in [5.41, 5.74) is 3.12. The molecule has 1 N–H and O–H groups in total. The predicted octanol–water partition coefficient (Wildman–Crippen LogP) is 3.57. The van der Waals surface area contributed by atoms with E-state index in [1.807, 2.05) is 0 Å². The molecular weight excluding hydrogens is 218 g/mol. The maximum Gasteiger partial charge on any atom is 0.0148 e. The van der Waals surface area contributed by atoms with E-state index in [4.69, 9.17) is 0 Å². The van der Waals surface area contributed by atoms with Gasteiger partial charge in [-0.2, -0.15) is 0 Å². The second-order valence-corrected chi connectivity index (χ2v) is 6.30. The van der Waals surface area contributed by atoms with Gasteiger partial charge in [0.15, 0.2) is 0 Å². The number of nitrogens with one attached hydrogen (secondary N) is 1. The third kappa shape index (κ3) is 2.61. The van der Waals surface area contributed by atoms with E-state index in [0.29, 0.717) is 6.04 Å². The highest BCUT2D eigenvalue weighted by molar-refractivity contribution is 5.33. The van der Waals surface area contributed by atoms with Gasteiger partial charge in [-0.1, -0.05) is 50.5 Å². The van der Waals surface area contributed by atoms with Crippen LogP contribution in [0.3, 0.4) is 0 Å². The summed E-state index contributed by atoms with van der Waals surface area (Å²) in [6.07, 6.45) is 8.24. The number of benzene rings is 1. The highest BCUT2D eigenvalue weighted by Gasteiger charge is 2.24. The minimum absolute atomic E-state index is 0.691. The molecule has 0 spiro atoms. The summed E-state index contributed by atoms with van der Waals surface area (Å²) in [4.78, 5) is 0. The first kappa shape index (κ1) is 12.2. The molecule has 98 valence electrons. The van der Waals surface area contributed by atoms with Crippen molar-refractivity contribution in [3.8, 4) is 0 Å². The predicted molar refractivity (Wildman–Crippen MR) is 76.8 cm³/mol. The zero-order valence-corrected chi connectivity index (χ0v) is 11.5. The zero-order chi connectivity index (χ0) is 12.4. The first-order valence-corrected chi connectivity index (χ1v) is 7.63. The Morgan fingerprint density at radius 1 is 1.06 bits per heavy atom. The van der Waals surface area contributed by atoms with Gasteiger partial charge in [0, 0.05) is 6.04 Å². The van der Waals surface area contributed by atoms with Crippen LogP contribution in [-0.2, 0) is 12.8 Å². The van der Waals surface area contributed by atoms with Crippen molar-refractivity contribution in [3.63, 3.8) is 0 Å². The zero-order valence-electron chi connectivity index (χ0n) is 11.5. The lowest BCUT2D eigenvalue weighted by atomic mass is 9.80. The fourth-order valence-corrected chi connectivity index (χ4v) is 3.72. The minimum Gasteiger partial charge on any atom is -0.313 e. The minimum atomic E-state index is 0.691. The van der Waals surface area contributed by atoms with Gasteiger partial charge in [-0.05, 0) is 48.8 Å². The molecule has 0 amide bonds. The van der Waals surface area contributed by atoms with Crippen LogP contribution in [-0.4, -0.2) is 12.6 Å². The third-order valence-electron chi connectivity index (χ3n) is 5.01. The van der Waals surface area contributed by atoms with Crippen LogP contribution < -0.4 is 5.32 Å². The van der Waals surface area contributed by atoms with Crippen LogP contribution in [0.4, 0.5) is 0 Å². The molecule has 0 heterocycles. The molecule has 3 rings (SSSR count). The number of rotatable bonds is 3. The summed E-state index contributed by atoms with van der Waals surface area (Å²) in [5, 5.41) is 3.83. The Morgan fingerprint density at radius 3 is 2.39 bits per heavy atom. The summed E-state index contributed by atoms with van der Waals surface area (Å²) >= 11 is 0. The normalized spacial score (nSPS) is 28.3. The Kier molecular flexibility index (Phi) is 3.69. The van der Waals surface area contributed by atoms with Crippen LogP contribution >= 0.6 is 0 Å². The van der Waals surface area contributed by atoms with Crippen LogP contribution in [0.5, 0.6) is 0 Å². The van der Waals surface area contributed by atoms with Gasteiger partial charge in [0.05, 0.1) is 0 Å². The van der Waals surface area contributed by atoms with Crippen LogP contribution in [0.25, 0.3) is 0 Å². The van der Waals surface area contributed by atoms with Gasteiger partial charge in [0.25, 0.3) is 0 Å². The molecule has 1 heteroatoms. The molecule has 0 aromatic heterocycles. The van der Waals surface area contributed by atoms with Crippen LogP contribution in [0.1, 0.15) is 43.7 Å². The van der Waals surface area contributed by atoms with Gasteiger partial charge in [-0.3, -0.25) is 0 Å². The Balaban J connectivity index is 1.51. The van der Waals surface area contributed by atoms with Crippen molar-refractivity contribution in [2.24, 2.45) is 11.8 Å². The van der Waals surface area contributed by atoms with Gasteiger partial charge in [-0.25, -0.2) is 0 Å². The fraction of sp³-hybridized carbons (Fsp3) is 0.647. The fourth-order valence-electron chi connectivity index (χ4n) is 3.72. The lowest BCUT2D eigenvalue weighted by molar-refractivity contribution is 0.241. The molecule has 1 fully saturated rings. The monoisotopic (exact) mass is 243 g/mol. The smallest absolute Gasteiger partial charge is 0.0148 e. The second-order valence-electron chi connectivity index (χ2n) is 6.30. The van der Waals surface area contributed by atoms with Crippen LogP contribution in [0.15, 0.2) is 24.3 Å². The van der Waals surface area contributed by atoms with E-state index in [1.165, 1.54) is 45.1 Å². The van der Waals surface area contributed by atoms with E-state index < -0.39 is 0 Å². The van der Waals surface area contributed by atoms with E-state index in [1.54, 1.807) is 11.1 Å². The second kappa shape index (κ2) is 5.44. The van der Waals surface area contributed by atoms with Crippen molar-refractivity contribution in [2.45, 2.75) is 51.5 Å². The first-order chi connectivity index (χ1) is 8.83. The quantitative estimate of drug-likeness (QED) is 0.856. The van der Waals surface area contributed by atoms with E-state index in [2.05, 4.69) is 36.5 Å². The molecule has 18 heavy (non-hydrogen) atoms. The Morgan fingerprint density at radius 2 is 1.72 bits per heavy atom. The average molecular weight is 243 g/mol. The SMILES string of the molecule is CC1CCCCC1CNC1Cc2ccccc2C1. The van der Waals surface area contributed by atoms with Crippen molar-refractivity contribution in [1.29, 1.82) is 0 Å². The highest BCUT2D eigenvalue weighted by Crippen LogP contribution is 2.29. The Bertz CT molecular complexity index is 373. The van der Waals surface area contributed by atoms with Crippen molar-refractivity contribution in [3.05, 3.63) is 35.4 Å². The molecular formula is C17H25N. The highest BCUT2D eigenvalue weighted by atomic mass is 14.9. The van der Waals surface area contributed by atoms with Crippen molar-refractivity contribution in [2.75, 3.05) is 6.54 Å². The van der Waals surface area contributed by atoms with Gasteiger partial charge in [-0.15, -0.1) is 0 Å². The maximum absolute atomic E-state index is 3.83. The van der Waals surface area contributed by atoms with Crippen molar-refractivity contribution >= 4 is 0 Å². The molecule has 1 aromatic carbocycles. The molecule has 2 atom stereocenters. The third-order valence-corrected chi connectivity index (χ3v) is 5.01. The topological polar surface area (TPSA) is 12.0 Å². The number of hydrogen-bond acceptors (Lipinski definition) is 1. The molecule has 1 aromatic rings. The molecule has 0 bridgehead atoms. The lowest BCUT2D eigenvalue weighted by Crippen LogP contribution is -2.36. The van der Waals surface area contributed by atoms with E-state index in [-0.39, 0.29) is 0 Å². The standard InChI is InChI=1S/C17H25N/c1-13-6-2-3-9-16(13)12-18-17-10-14-7-4-5-8-15(14)11-17/h4-5,7-8,13,16-18H,2-3,6,9-12H2,1H3. The Hall–Kier alpha value is -0.820. The molecule has 2 unspecified atom stereocenters. The van der Waals surface area contributed by atoms with Gasteiger partial charge >= 0.3 is 0 Å². The van der Waals surface area contributed by atoms with Gasteiger partial charge in [0.2, 0.25) is 0 Å². The summed E-state index contributed by atoms with van der Waals surface area (Å²) in [5.74, 6) is 1.84. The molecule has 1 nitrogen and oxygen atoms in total. The molecule has 2 aliphatic rings. The van der Waals surface area contributed by atoms with Crippen LogP contribution in [0, 0.1) is 11.8 Å². The van der Waals surface area contributed by atoms with Gasteiger partial charge < -0.3 is 5.32 Å². The molecule has 0 aliphatic heterocycles. The average Bonchev–Trinajstić information content (AvgIpc) is 2.80. The summed E-state index contributed by atoms with van der Waals surface area (Å²) in [6.45, 7) is 3.68.